The van der Waals surface area contributed by atoms with Gasteiger partial charge in [0.05, 0.1) is 6.33 Å². The third-order valence-electron chi connectivity index (χ3n) is 6.01. The van der Waals surface area contributed by atoms with Crippen molar-refractivity contribution >= 4 is 11.8 Å². The van der Waals surface area contributed by atoms with Crippen LogP contribution < -0.4 is 0 Å². The van der Waals surface area contributed by atoms with Crippen LogP contribution in [0, 0.1) is 5.41 Å². The fraction of sp³-hybridized carbons (Fsp3) is 0.737. The number of piperidine rings is 2. The van der Waals surface area contributed by atoms with Gasteiger partial charge in [0.1, 0.15) is 0 Å². The van der Waals surface area contributed by atoms with Gasteiger partial charge in [-0.3, -0.25) is 9.59 Å². The molecule has 2 fully saturated rings. The molecule has 1 aromatic rings. The SMILES string of the molecule is CC(CC(=O)N1CCC2(CCC(=O)N(CCCO)C2)CC1)n1ccnc1. The number of carbonyl (C=O) groups excluding carboxylic acids is 2. The summed E-state index contributed by atoms with van der Waals surface area (Å²) in [4.78, 5) is 32.7. The zero-order valence-corrected chi connectivity index (χ0v) is 15.6. The van der Waals surface area contributed by atoms with Gasteiger partial charge in [0.2, 0.25) is 11.8 Å². The number of likely N-dealkylation sites (tertiary alicyclic amines) is 2. The standard InChI is InChI=1S/C19H30N4O3/c1-16(23-11-7-20-15-23)13-18(26)21-9-5-19(6-10-21)4-3-17(25)22(14-19)8-2-12-24/h7,11,15-16,24H,2-6,8-10,12-14H2,1H3. The van der Waals surface area contributed by atoms with E-state index in [1.807, 2.05) is 27.5 Å². The second kappa shape index (κ2) is 8.20. The highest BCUT2D eigenvalue weighted by molar-refractivity contribution is 5.78. The van der Waals surface area contributed by atoms with Crippen molar-refractivity contribution in [3.63, 3.8) is 0 Å². The van der Waals surface area contributed by atoms with E-state index >= 15 is 0 Å². The molecule has 3 heterocycles. The Kier molecular flexibility index (Phi) is 5.96. The highest BCUT2D eigenvalue weighted by Gasteiger charge is 2.41. The molecular weight excluding hydrogens is 332 g/mol. The topological polar surface area (TPSA) is 78.7 Å². The largest absolute Gasteiger partial charge is 0.396 e. The number of imidazole rings is 1. The molecule has 0 saturated carbocycles. The van der Waals surface area contributed by atoms with E-state index in [-0.39, 0.29) is 29.9 Å². The molecule has 1 spiro atoms. The van der Waals surface area contributed by atoms with E-state index in [1.165, 1.54) is 0 Å². The molecule has 7 nitrogen and oxygen atoms in total. The molecule has 2 aliphatic rings. The Morgan fingerprint density at radius 1 is 1.35 bits per heavy atom. The zero-order chi connectivity index (χ0) is 18.6. The molecule has 3 rings (SSSR count). The monoisotopic (exact) mass is 362 g/mol. The molecule has 1 unspecified atom stereocenters. The van der Waals surface area contributed by atoms with E-state index in [0.717, 1.165) is 38.9 Å². The Morgan fingerprint density at radius 2 is 2.12 bits per heavy atom. The Labute approximate surface area is 155 Å². The summed E-state index contributed by atoms with van der Waals surface area (Å²) < 4.78 is 1.97. The molecule has 0 aliphatic carbocycles. The van der Waals surface area contributed by atoms with E-state index in [4.69, 9.17) is 5.11 Å². The summed E-state index contributed by atoms with van der Waals surface area (Å²) in [6.07, 6.45) is 9.95. The fourth-order valence-electron chi connectivity index (χ4n) is 4.22. The van der Waals surface area contributed by atoms with Crippen molar-refractivity contribution < 1.29 is 14.7 Å². The third-order valence-corrected chi connectivity index (χ3v) is 6.01. The van der Waals surface area contributed by atoms with Gasteiger partial charge in [-0.1, -0.05) is 0 Å². The Hall–Kier alpha value is -1.89. The lowest BCUT2D eigenvalue weighted by Gasteiger charge is -2.47. The number of aliphatic hydroxyl groups excluding tert-OH is 1. The van der Waals surface area contributed by atoms with E-state index in [1.54, 1.807) is 12.5 Å². The molecule has 0 radical (unpaired) electrons. The van der Waals surface area contributed by atoms with Crippen molar-refractivity contribution in [2.45, 2.75) is 51.5 Å². The van der Waals surface area contributed by atoms with E-state index in [0.29, 0.717) is 25.8 Å². The van der Waals surface area contributed by atoms with Crippen LogP contribution in [0.15, 0.2) is 18.7 Å². The quantitative estimate of drug-likeness (QED) is 0.831. The lowest BCUT2D eigenvalue weighted by molar-refractivity contribution is -0.142. The van der Waals surface area contributed by atoms with Gasteiger partial charge in [0.25, 0.3) is 0 Å². The van der Waals surface area contributed by atoms with Crippen LogP contribution in [0.4, 0.5) is 0 Å². The number of amides is 2. The van der Waals surface area contributed by atoms with E-state index in [9.17, 15) is 9.59 Å². The molecule has 2 amide bonds. The average Bonchev–Trinajstić information content (AvgIpc) is 3.18. The van der Waals surface area contributed by atoms with Crippen molar-refractivity contribution in [3.8, 4) is 0 Å². The predicted molar refractivity (Wildman–Crippen MR) is 97.3 cm³/mol. The number of carbonyl (C=O) groups is 2. The third kappa shape index (κ3) is 4.26. The molecule has 1 atom stereocenters. The minimum absolute atomic E-state index is 0.113. The van der Waals surface area contributed by atoms with Crippen LogP contribution in [-0.2, 0) is 9.59 Å². The second-order valence-corrected chi connectivity index (χ2v) is 7.84. The summed E-state index contributed by atoms with van der Waals surface area (Å²) in [5.41, 5.74) is 0.149. The van der Waals surface area contributed by atoms with Gasteiger partial charge >= 0.3 is 0 Å². The maximum Gasteiger partial charge on any atom is 0.224 e. The Balaban J connectivity index is 1.51. The molecule has 1 N–H and O–H groups in total. The van der Waals surface area contributed by atoms with Crippen molar-refractivity contribution in [1.82, 2.24) is 19.4 Å². The molecular formula is C19H30N4O3. The summed E-state index contributed by atoms with van der Waals surface area (Å²) in [6.45, 7) is 5.13. The zero-order valence-electron chi connectivity index (χ0n) is 15.6. The lowest BCUT2D eigenvalue weighted by atomic mass is 9.72. The fourth-order valence-corrected chi connectivity index (χ4v) is 4.22. The van der Waals surface area contributed by atoms with Gasteiger partial charge in [-0.15, -0.1) is 0 Å². The Bertz CT molecular complexity index is 608. The summed E-state index contributed by atoms with van der Waals surface area (Å²) in [7, 11) is 0. The molecule has 7 heteroatoms. The molecule has 2 aliphatic heterocycles. The van der Waals surface area contributed by atoms with E-state index in [2.05, 4.69) is 4.98 Å². The van der Waals surface area contributed by atoms with E-state index < -0.39 is 0 Å². The average molecular weight is 362 g/mol. The Morgan fingerprint density at radius 3 is 2.77 bits per heavy atom. The lowest BCUT2D eigenvalue weighted by Crippen LogP contribution is -2.52. The van der Waals surface area contributed by atoms with Crippen molar-refractivity contribution in [1.29, 1.82) is 0 Å². The highest BCUT2D eigenvalue weighted by Crippen LogP contribution is 2.40. The maximum atomic E-state index is 12.6. The number of aromatic nitrogens is 2. The van der Waals surface area contributed by atoms with Crippen molar-refractivity contribution in [3.05, 3.63) is 18.7 Å². The van der Waals surface area contributed by atoms with Crippen molar-refractivity contribution in [2.24, 2.45) is 5.41 Å². The van der Waals surface area contributed by atoms with Gasteiger partial charge in [0.15, 0.2) is 0 Å². The van der Waals surface area contributed by atoms with Crippen LogP contribution in [0.25, 0.3) is 0 Å². The summed E-state index contributed by atoms with van der Waals surface area (Å²) in [6, 6.07) is 0.113. The molecule has 2 saturated heterocycles. The van der Waals surface area contributed by atoms with Crippen molar-refractivity contribution in [2.75, 3.05) is 32.8 Å². The maximum absolute atomic E-state index is 12.6. The van der Waals surface area contributed by atoms with Crippen LogP contribution in [-0.4, -0.2) is 69.1 Å². The van der Waals surface area contributed by atoms with Crippen LogP contribution in [0.1, 0.15) is 51.5 Å². The summed E-state index contributed by atoms with van der Waals surface area (Å²) in [5, 5.41) is 9.03. The second-order valence-electron chi connectivity index (χ2n) is 7.84. The minimum atomic E-state index is 0.113. The number of hydrogen-bond donors (Lipinski definition) is 1. The smallest absolute Gasteiger partial charge is 0.224 e. The molecule has 0 bridgehead atoms. The molecule has 144 valence electrons. The van der Waals surface area contributed by atoms with Crippen LogP contribution in [0.2, 0.25) is 0 Å². The summed E-state index contributed by atoms with van der Waals surface area (Å²) >= 11 is 0. The summed E-state index contributed by atoms with van der Waals surface area (Å²) in [5.74, 6) is 0.404. The number of nitrogens with zero attached hydrogens (tertiary/aromatic N) is 4. The first-order valence-electron chi connectivity index (χ1n) is 9.67. The first kappa shape index (κ1) is 18.9. The van der Waals surface area contributed by atoms with Crippen LogP contribution in [0.5, 0.6) is 0 Å². The normalized spacial score (nSPS) is 21.2. The van der Waals surface area contributed by atoms with Crippen LogP contribution in [0.3, 0.4) is 0 Å². The van der Waals surface area contributed by atoms with Gasteiger partial charge < -0.3 is 19.5 Å². The van der Waals surface area contributed by atoms with Gasteiger partial charge in [-0.2, -0.15) is 0 Å². The first-order valence-corrected chi connectivity index (χ1v) is 9.67. The van der Waals surface area contributed by atoms with Crippen LogP contribution >= 0.6 is 0 Å². The molecule has 1 aromatic heterocycles. The number of aliphatic hydroxyl groups is 1. The first-order chi connectivity index (χ1) is 12.5. The van der Waals surface area contributed by atoms with Gasteiger partial charge in [0, 0.05) is 64.1 Å². The highest BCUT2D eigenvalue weighted by atomic mass is 16.3. The molecule has 26 heavy (non-hydrogen) atoms. The molecule has 0 aromatic carbocycles. The number of rotatable bonds is 6. The minimum Gasteiger partial charge on any atom is -0.396 e. The number of hydrogen-bond acceptors (Lipinski definition) is 4. The van der Waals surface area contributed by atoms with Gasteiger partial charge in [-0.05, 0) is 38.0 Å². The van der Waals surface area contributed by atoms with Gasteiger partial charge in [-0.25, -0.2) is 4.98 Å². The predicted octanol–water partition coefficient (Wildman–Crippen LogP) is 1.45.